The molecule has 29 heavy (non-hydrogen) atoms. The molecule has 6 nitrogen and oxygen atoms in total. The summed E-state index contributed by atoms with van der Waals surface area (Å²) in [4.78, 5) is 11.1. The first-order valence-electron chi connectivity index (χ1n) is 8.98. The number of rotatable bonds is 5. The SMILES string of the molecule is COc1ccccc1N=C(N)N(c1ccccc1)c1nc(-c2ccccc2)ns1. The van der Waals surface area contributed by atoms with Crippen molar-refractivity contribution in [2.75, 3.05) is 12.0 Å². The molecule has 144 valence electrons. The summed E-state index contributed by atoms with van der Waals surface area (Å²) >= 11 is 1.27. The topological polar surface area (TPSA) is 76.6 Å². The average Bonchev–Trinajstić information content (AvgIpc) is 3.25. The second-order valence-electron chi connectivity index (χ2n) is 6.08. The quantitative estimate of drug-likeness (QED) is 0.376. The number of hydrogen-bond acceptors (Lipinski definition) is 5. The van der Waals surface area contributed by atoms with Gasteiger partial charge in [0, 0.05) is 17.1 Å². The maximum atomic E-state index is 6.44. The van der Waals surface area contributed by atoms with Crippen LogP contribution in [0.3, 0.4) is 0 Å². The van der Waals surface area contributed by atoms with Crippen LogP contribution in [0, 0.1) is 0 Å². The molecule has 0 fully saturated rings. The third-order valence-electron chi connectivity index (χ3n) is 4.20. The number of hydrogen-bond donors (Lipinski definition) is 1. The van der Waals surface area contributed by atoms with Crippen LogP contribution in [-0.2, 0) is 0 Å². The van der Waals surface area contributed by atoms with Gasteiger partial charge in [-0.25, -0.2) is 4.99 Å². The number of anilines is 2. The minimum Gasteiger partial charge on any atom is -0.494 e. The second kappa shape index (κ2) is 8.53. The first-order valence-corrected chi connectivity index (χ1v) is 9.75. The Balaban J connectivity index is 1.77. The number of methoxy groups -OCH3 is 1. The zero-order valence-electron chi connectivity index (χ0n) is 15.8. The van der Waals surface area contributed by atoms with E-state index in [4.69, 9.17) is 15.5 Å². The van der Waals surface area contributed by atoms with Crippen LogP contribution < -0.4 is 15.4 Å². The zero-order chi connectivity index (χ0) is 20.1. The highest BCUT2D eigenvalue weighted by Gasteiger charge is 2.19. The van der Waals surface area contributed by atoms with E-state index in [0.717, 1.165) is 11.3 Å². The van der Waals surface area contributed by atoms with Crippen LogP contribution in [0.4, 0.5) is 16.5 Å². The number of aromatic nitrogens is 2. The second-order valence-corrected chi connectivity index (χ2v) is 6.81. The average molecular weight is 401 g/mol. The number of benzene rings is 3. The van der Waals surface area contributed by atoms with Crippen molar-refractivity contribution in [2.24, 2.45) is 10.7 Å². The molecule has 4 aromatic rings. The van der Waals surface area contributed by atoms with Crippen LogP contribution in [0.5, 0.6) is 5.75 Å². The van der Waals surface area contributed by atoms with Crippen molar-refractivity contribution in [3.05, 3.63) is 84.9 Å². The molecule has 0 bridgehead atoms. The highest BCUT2D eigenvalue weighted by atomic mass is 32.1. The monoisotopic (exact) mass is 401 g/mol. The molecule has 4 rings (SSSR count). The zero-order valence-corrected chi connectivity index (χ0v) is 16.6. The third kappa shape index (κ3) is 4.09. The Morgan fingerprint density at radius 3 is 2.31 bits per heavy atom. The van der Waals surface area contributed by atoms with Crippen molar-refractivity contribution >= 4 is 34.0 Å². The van der Waals surface area contributed by atoms with Crippen LogP contribution in [0.15, 0.2) is 89.9 Å². The molecule has 0 saturated carbocycles. The van der Waals surface area contributed by atoms with Gasteiger partial charge in [-0.3, -0.25) is 4.90 Å². The Labute approximate surface area is 173 Å². The van der Waals surface area contributed by atoms with E-state index in [1.54, 1.807) is 12.0 Å². The molecule has 2 N–H and O–H groups in total. The fourth-order valence-corrected chi connectivity index (χ4v) is 3.55. The Bertz CT molecular complexity index is 1110. The molecule has 3 aromatic carbocycles. The van der Waals surface area contributed by atoms with Gasteiger partial charge >= 0.3 is 0 Å². The van der Waals surface area contributed by atoms with Crippen LogP contribution in [0.25, 0.3) is 11.4 Å². The lowest BCUT2D eigenvalue weighted by Crippen LogP contribution is -2.33. The molecule has 0 radical (unpaired) electrons. The maximum Gasteiger partial charge on any atom is 0.217 e. The molecule has 0 atom stereocenters. The molecule has 1 heterocycles. The van der Waals surface area contributed by atoms with Gasteiger partial charge in [-0.15, -0.1) is 0 Å². The lowest BCUT2D eigenvalue weighted by atomic mass is 10.2. The minimum atomic E-state index is 0.275. The summed E-state index contributed by atoms with van der Waals surface area (Å²) in [6.07, 6.45) is 0. The number of nitrogens with zero attached hydrogens (tertiary/aromatic N) is 4. The molecular weight excluding hydrogens is 382 g/mol. The van der Waals surface area contributed by atoms with Crippen molar-refractivity contribution in [3.8, 4) is 17.1 Å². The van der Waals surface area contributed by atoms with Gasteiger partial charge in [0.15, 0.2) is 5.82 Å². The van der Waals surface area contributed by atoms with Crippen LogP contribution in [0.1, 0.15) is 0 Å². The van der Waals surface area contributed by atoms with Gasteiger partial charge in [-0.2, -0.15) is 9.36 Å². The van der Waals surface area contributed by atoms with Gasteiger partial charge in [-0.05, 0) is 24.3 Å². The lowest BCUT2D eigenvalue weighted by Gasteiger charge is -2.20. The van der Waals surface area contributed by atoms with Crippen molar-refractivity contribution in [1.82, 2.24) is 9.36 Å². The number of nitrogens with two attached hydrogens (primary N) is 1. The largest absolute Gasteiger partial charge is 0.494 e. The molecule has 0 unspecified atom stereocenters. The fraction of sp³-hybridized carbons (Fsp3) is 0.0455. The van der Waals surface area contributed by atoms with E-state index >= 15 is 0 Å². The number of ether oxygens (including phenoxy) is 1. The predicted molar refractivity (Wildman–Crippen MR) is 118 cm³/mol. The summed E-state index contributed by atoms with van der Waals surface area (Å²) in [5.74, 6) is 1.57. The van der Waals surface area contributed by atoms with E-state index < -0.39 is 0 Å². The molecule has 7 heteroatoms. The smallest absolute Gasteiger partial charge is 0.217 e. The van der Waals surface area contributed by atoms with Crippen molar-refractivity contribution in [1.29, 1.82) is 0 Å². The van der Waals surface area contributed by atoms with Gasteiger partial charge in [0.2, 0.25) is 11.1 Å². The van der Waals surface area contributed by atoms with Gasteiger partial charge in [-0.1, -0.05) is 60.7 Å². The lowest BCUT2D eigenvalue weighted by molar-refractivity contribution is 0.416. The van der Waals surface area contributed by atoms with E-state index in [9.17, 15) is 0 Å². The molecular formula is C22H19N5OS. The molecule has 0 aliphatic rings. The number of aliphatic imine (C=N–C) groups is 1. The van der Waals surface area contributed by atoms with Gasteiger partial charge < -0.3 is 10.5 Å². The van der Waals surface area contributed by atoms with E-state index in [1.165, 1.54) is 11.5 Å². The van der Waals surface area contributed by atoms with Crippen LogP contribution >= 0.6 is 11.5 Å². The Morgan fingerprint density at radius 1 is 0.931 bits per heavy atom. The van der Waals surface area contributed by atoms with E-state index in [-0.39, 0.29) is 5.96 Å². The molecule has 0 amide bonds. The summed E-state index contributed by atoms with van der Waals surface area (Å²) in [5, 5.41) is 0.631. The molecule has 1 aromatic heterocycles. The van der Waals surface area contributed by atoms with Crippen molar-refractivity contribution in [3.63, 3.8) is 0 Å². The summed E-state index contributed by atoms with van der Waals surface area (Å²) in [6, 6.07) is 27.1. The number of guanidine groups is 1. The predicted octanol–water partition coefficient (Wildman–Crippen LogP) is 5.00. The molecule has 0 aliphatic heterocycles. The standard InChI is InChI=1S/C22H19N5OS/c1-28-19-15-9-8-14-18(19)24-21(23)27(17-12-6-3-7-13-17)22-25-20(26-29-22)16-10-4-2-5-11-16/h2-15H,1H3,(H2,23,24). The van der Waals surface area contributed by atoms with Gasteiger partial charge in [0.05, 0.1) is 12.8 Å². The fourth-order valence-electron chi connectivity index (χ4n) is 2.82. The molecule has 0 saturated heterocycles. The summed E-state index contributed by atoms with van der Waals surface area (Å²) in [6.45, 7) is 0. The Morgan fingerprint density at radius 2 is 1.59 bits per heavy atom. The summed E-state index contributed by atoms with van der Waals surface area (Å²) < 4.78 is 9.90. The normalized spacial score (nSPS) is 11.3. The van der Waals surface area contributed by atoms with Crippen LogP contribution in [0.2, 0.25) is 0 Å². The highest BCUT2D eigenvalue weighted by molar-refractivity contribution is 7.10. The first kappa shape index (κ1) is 18.6. The molecule has 0 spiro atoms. The Kier molecular flexibility index (Phi) is 5.49. The van der Waals surface area contributed by atoms with E-state index in [1.807, 2.05) is 84.9 Å². The maximum absolute atomic E-state index is 6.44. The Hall–Kier alpha value is -3.71. The number of para-hydroxylation sites is 3. The summed E-state index contributed by atoms with van der Waals surface area (Å²) in [5.41, 5.74) is 8.88. The minimum absolute atomic E-state index is 0.275. The van der Waals surface area contributed by atoms with Crippen molar-refractivity contribution < 1.29 is 4.74 Å². The van der Waals surface area contributed by atoms with E-state index in [2.05, 4.69) is 9.37 Å². The summed E-state index contributed by atoms with van der Waals surface area (Å²) in [7, 11) is 1.61. The highest BCUT2D eigenvalue weighted by Crippen LogP contribution is 2.32. The van der Waals surface area contributed by atoms with Crippen molar-refractivity contribution in [2.45, 2.75) is 0 Å². The third-order valence-corrected chi connectivity index (χ3v) is 4.90. The van der Waals surface area contributed by atoms with Gasteiger partial charge in [0.1, 0.15) is 11.4 Å². The van der Waals surface area contributed by atoms with E-state index in [0.29, 0.717) is 22.4 Å². The first-order chi connectivity index (χ1) is 14.3. The van der Waals surface area contributed by atoms with Gasteiger partial charge in [0.25, 0.3) is 0 Å². The molecule has 0 aliphatic carbocycles. The van der Waals surface area contributed by atoms with Crippen LogP contribution in [-0.4, -0.2) is 22.4 Å².